The van der Waals surface area contributed by atoms with Gasteiger partial charge >= 0.3 is 5.97 Å². The fraction of sp³-hybridized carbons (Fsp3) is 0.143. The summed E-state index contributed by atoms with van der Waals surface area (Å²) >= 11 is 1.44. The van der Waals surface area contributed by atoms with Crippen LogP contribution >= 0.6 is 11.3 Å². The van der Waals surface area contributed by atoms with Crippen molar-refractivity contribution >= 4 is 17.3 Å². The number of oxazole rings is 1. The van der Waals surface area contributed by atoms with Crippen LogP contribution in [-0.2, 0) is 6.42 Å². The summed E-state index contributed by atoms with van der Waals surface area (Å²) in [6.45, 7) is 1.93. The highest BCUT2D eigenvalue weighted by atomic mass is 32.1. The Balaban J connectivity index is 2.17. The van der Waals surface area contributed by atoms with Crippen LogP contribution in [0.25, 0.3) is 22.1 Å². The fourth-order valence-corrected chi connectivity index (χ4v) is 2.62. The van der Waals surface area contributed by atoms with Gasteiger partial charge in [0.25, 0.3) is 0 Å². The summed E-state index contributed by atoms with van der Waals surface area (Å²) in [6, 6.07) is 5.39. The highest BCUT2D eigenvalue weighted by Gasteiger charge is 2.24. The van der Waals surface area contributed by atoms with Crippen LogP contribution in [0.15, 0.2) is 38.7 Å². The lowest BCUT2D eigenvalue weighted by Gasteiger charge is -1.96. The minimum Gasteiger partial charge on any atom is -0.476 e. The Morgan fingerprint density at radius 3 is 2.95 bits per heavy atom. The van der Waals surface area contributed by atoms with Gasteiger partial charge in [0.05, 0.1) is 16.7 Å². The maximum Gasteiger partial charge on any atom is 0.358 e. The first kappa shape index (κ1) is 12.7. The number of aromatic nitrogens is 1. The normalized spacial score (nSPS) is 10.8. The van der Waals surface area contributed by atoms with Gasteiger partial charge in [-0.25, -0.2) is 9.78 Å². The zero-order valence-corrected chi connectivity index (χ0v) is 11.4. The van der Waals surface area contributed by atoms with E-state index in [1.54, 1.807) is 6.07 Å². The van der Waals surface area contributed by atoms with Crippen LogP contribution in [0.1, 0.15) is 23.2 Å². The number of hydrogen-bond acceptors (Lipinski definition) is 5. The monoisotopic (exact) mass is 289 g/mol. The van der Waals surface area contributed by atoms with Crippen molar-refractivity contribution in [1.29, 1.82) is 0 Å². The molecule has 0 atom stereocenters. The number of thiophene rings is 1. The second-order valence-electron chi connectivity index (χ2n) is 4.09. The number of carbonyl (C=O) groups is 1. The zero-order valence-electron chi connectivity index (χ0n) is 10.6. The molecule has 102 valence electrons. The van der Waals surface area contributed by atoms with Crippen molar-refractivity contribution in [3.63, 3.8) is 0 Å². The maximum absolute atomic E-state index is 11.3. The number of carboxylic acids is 1. The third-order valence-electron chi connectivity index (χ3n) is 2.87. The molecule has 0 aliphatic rings. The molecule has 3 aromatic rings. The van der Waals surface area contributed by atoms with Gasteiger partial charge in [-0.15, -0.1) is 11.3 Å². The SMILES string of the molecule is CCc1occc1-c1oc(-c2cccs2)nc1C(=O)O. The molecule has 1 N–H and O–H groups in total. The van der Waals surface area contributed by atoms with Crippen molar-refractivity contribution in [2.45, 2.75) is 13.3 Å². The van der Waals surface area contributed by atoms with Gasteiger partial charge in [0.15, 0.2) is 11.5 Å². The van der Waals surface area contributed by atoms with Crippen LogP contribution in [0.3, 0.4) is 0 Å². The molecule has 0 spiro atoms. The molecule has 0 amide bonds. The van der Waals surface area contributed by atoms with E-state index < -0.39 is 5.97 Å². The molecule has 20 heavy (non-hydrogen) atoms. The summed E-state index contributed by atoms with van der Waals surface area (Å²) in [5.74, 6) is 0.123. The number of hydrogen-bond donors (Lipinski definition) is 1. The number of aryl methyl sites for hydroxylation is 1. The van der Waals surface area contributed by atoms with Crippen LogP contribution in [-0.4, -0.2) is 16.1 Å². The van der Waals surface area contributed by atoms with Crippen molar-refractivity contribution in [3.05, 3.63) is 41.3 Å². The molecule has 0 saturated heterocycles. The number of nitrogens with zero attached hydrogens (tertiary/aromatic N) is 1. The lowest BCUT2D eigenvalue weighted by atomic mass is 10.1. The van der Waals surface area contributed by atoms with Gasteiger partial charge in [0.2, 0.25) is 5.89 Å². The Kier molecular flexibility index (Phi) is 3.15. The molecule has 0 fully saturated rings. The van der Waals surface area contributed by atoms with Crippen molar-refractivity contribution in [2.24, 2.45) is 0 Å². The molecule has 0 aliphatic carbocycles. The van der Waals surface area contributed by atoms with Gasteiger partial charge < -0.3 is 13.9 Å². The lowest BCUT2D eigenvalue weighted by molar-refractivity contribution is 0.0691. The zero-order chi connectivity index (χ0) is 14.1. The van der Waals surface area contributed by atoms with Crippen molar-refractivity contribution in [2.75, 3.05) is 0 Å². The van der Waals surface area contributed by atoms with Gasteiger partial charge in [-0.05, 0) is 17.5 Å². The van der Waals surface area contributed by atoms with Crippen molar-refractivity contribution in [1.82, 2.24) is 4.98 Å². The molecule has 6 heteroatoms. The summed E-state index contributed by atoms with van der Waals surface area (Å²) in [5.41, 5.74) is 0.546. The molecule has 5 nitrogen and oxygen atoms in total. The largest absolute Gasteiger partial charge is 0.476 e. The fourth-order valence-electron chi connectivity index (χ4n) is 1.97. The summed E-state index contributed by atoms with van der Waals surface area (Å²) < 4.78 is 11.0. The van der Waals surface area contributed by atoms with Gasteiger partial charge in [-0.2, -0.15) is 0 Å². The molecule has 0 aliphatic heterocycles. The first-order valence-electron chi connectivity index (χ1n) is 6.05. The quantitative estimate of drug-likeness (QED) is 0.787. The average Bonchev–Trinajstić information content (AvgIpc) is 3.17. The molecule has 0 saturated carbocycles. The van der Waals surface area contributed by atoms with E-state index in [1.807, 2.05) is 24.4 Å². The number of carboxylic acid groups (broad SMARTS) is 1. The van der Waals surface area contributed by atoms with Gasteiger partial charge in [-0.1, -0.05) is 13.0 Å². The van der Waals surface area contributed by atoms with Crippen molar-refractivity contribution in [3.8, 4) is 22.1 Å². The minimum absolute atomic E-state index is 0.0931. The van der Waals surface area contributed by atoms with E-state index in [2.05, 4.69) is 4.98 Å². The summed E-state index contributed by atoms with van der Waals surface area (Å²) in [5, 5.41) is 11.2. The molecule has 0 aromatic carbocycles. The van der Waals surface area contributed by atoms with E-state index in [9.17, 15) is 9.90 Å². The first-order chi connectivity index (χ1) is 9.70. The Morgan fingerprint density at radius 1 is 1.45 bits per heavy atom. The van der Waals surface area contributed by atoms with Crippen LogP contribution in [0, 0.1) is 0 Å². The molecule has 3 rings (SSSR count). The Hall–Kier alpha value is -2.34. The highest BCUT2D eigenvalue weighted by Crippen LogP contribution is 2.34. The summed E-state index contributed by atoms with van der Waals surface area (Å²) in [6.07, 6.45) is 2.17. The van der Waals surface area contributed by atoms with E-state index >= 15 is 0 Å². The van der Waals surface area contributed by atoms with Crippen LogP contribution in [0.2, 0.25) is 0 Å². The van der Waals surface area contributed by atoms with E-state index in [0.29, 0.717) is 23.6 Å². The van der Waals surface area contributed by atoms with Gasteiger partial charge in [-0.3, -0.25) is 0 Å². The topological polar surface area (TPSA) is 76.5 Å². The average molecular weight is 289 g/mol. The molecule has 0 unspecified atom stereocenters. The van der Waals surface area contributed by atoms with Gasteiger partial charge in [0, 0.05) is 6.42 Å². The number of rotatable bonds is 4. The molecular weight excluding hydrogens is 278 g/mol. The lowest BCUT2D eigenvalue weighted by Crippen LogP contribution is -1.99. The van der Waals surface area contributed by atoms with Crippen LogP contribution < -0.4 is 0 Å². The number of furan rings is 1. The van der Waals surface area contributed by atoms with E-state index in [0.717, 1.165) is 4.88 Å². The highest BCUT2D eigenvalue weighted by molar-refractivity contribution is 7.13. The Bertz CT molecular complexity index is 739. The van der Waals surface area contributed by atoms with E-state index in [-0.39, 0.29) is 11.5 Å². The minimum atomic E-state index is -1.12. The third-order valence-corrected chi connectivity index (χ3v) is 3.73. The van der Waals surface area contributed by atoms with Gasteiger partial charge in [0.1, 0.15) is 5.76 Å². The van der Waals surface area contributed by atoms with Crippen LogP contribution in [0.4, 0.5) is 0 Å². The number of aromatic carboxylic acids is 1. The standard InChI is InChI=1S/C14H11NO4S/c1-2-9-8(5-6-18-9)12-11(14(16)17)15-13(19-12)10-4-3-7-20-10/h3-7H,2H2,1H3,(H,16,17). The smallest absolute Gasteiger partial charge is 0.358 e. The Morgan fingerprint density at radius 2 is 2.30 bits per heavy atom. The van der Waals surface area contributed by atoms with E-state index in [4.69, 9.17) is 8.83 Å². The predicted molar refractivity (Wildman–Crippen MR) is 73.9 cm³/mol. The summed E-state index contributed by atoms with van der Waals surface area (Å²) in [7, 11) is 0. The van der Waals surface area contributed by atoms with Crippen LogP contribution in [0.5, 0.6) is 0 Å². The van der Waals surface area contributed by atoms with Crippen molar-refractivity contribution < 1.29 is 18.7 Å². The summed E-state index contributed by atoms with van der Waals surface area (Å²) in [4.78, 5) is 16.2. The maximum atomic E-state index is 11.3. The second kappa shape index (κ2) is 4.97. The molecule has 0 bridgehead atoms. The third kappa shape index (κ3) is 2.04. The predicted octanol–water partition coefficient (Wildman–Crippen LogP) is 3.92. The molecule has 0 radical (unpaired) electrons. The second-order valence-corrected chi connectivity index (χ2v) is 5.04. The molecule has 3 heterocycles. The van der Waals surface area contributed by atoms with E-state index in [1.165, 1.54) is 17.6 Å². The Labute approximate surface area is 118 Å². The molecule has 3 aromatic heterocycles. The molecular formula is C14H11NO4S. The first-order valence-corrected chi connectivity index (χ1v) is 6.93.